The fourth-order valence-corrected chi connectivity index (χ4v) is 2.31. The second-order valence-corrected chi connectivity index (χ2v) is 5.72. The van der Waals surface area contributed by atoms with Crippen molar-refractivity contribution in [3.05, 3.63) is 63.9 Å². The monoisotopic (exact) mass is 350 g/mol. The molecular formula is C16H16BrFN2O. The van der Waals surface area contributed by atoms with Gasteiger partial charge in [-0.3, -0.25) is 4.79 Å². The lowest BCUT2D eigenvalue weighted by Gasteiger charge is -2.14. The summed E-state index contributed by atoms with van der Waals surface area (Å²) in [5.74, 6) is -0.653. The van der Waals surface area contributed by atoms with Gasteiger partial charge in [0, 0.05) is 5.69 Å². The highest BCUT2D eigenvalue weighted by Crippen LogP contribution is 2.24. The first-order valence-corrected chi connectivity index (χ1v) is 7.32. The largest absolute Gasteiger partial charge is 0.324 e. The second kappa shape index (κ2) is 6.83. The summed E-state index contributed by atoms with van der Waals surface area (Å²) in [6.07, 6.45) is 0.452. The number of nitrogens with two attached hydrogens (primary N) is 1. The van der Waals surface area contributed by atoms with Crippen LogP contribution in [-0.4, -0.2) is 11.9 Å². The molecule has 0 saturated carbocycles. The van der Waals surface area contributed by atoms with Crippen LogP contribution < -0.4 is 11.1 Å². The predicted molar refractivity (Wildman–Crippen MR) is 85.6 cm³/mol. The molecule has 0 aliphatic heterocycles. The molecule has 3 N–H and O–H groups in total. The van der Waals surface area contributed by atoms with Crippen LogP contribution >= 0.6 is 15.9 Å². The highest BCUT2D eigenvalue weighted by molar-refractivity contribution is 9.10. The zero-order valence-corrected chi connectivity index (χ0v) is 13.2. The Labute approximate surface area is 131 Å². The van der Waals surface area contributed by atoms with E-state index in [0.29, 0.717) is 22.1 Å². The number of anilines is 1. The minimum Gasteiger partial charge on any atom is -0.324 e. The van der Waals surface area contributed by atoms with E-state index in [1.807, 2.05) is 30.3 Å². The summed E-state index contributed by atoms with van der Waals surface area (Å²) >= 11 is 3.10. The molecular weight excluding hydrogens is 335 g/mol. The maximum atomic E-state index is 13.4. The molecule has 2 rings (SSSR count). The molecule has 1 atom stereocenters. The molecule has 0 aliphatic carbocycles. The first-order valence-electron chi connectivity index (χ1n) is 6.53. The van der Waals surface area contributed by atoms with Gasteiger partial charge in [-0.15, -0.1) is 0 Å². The van der Waals surface area contributed by atoms with E-state index in [1.54, 1.807) is 6.92 Å². The van der Waals surface area contributed by atoms with Crippen LogP contribution in [0, 0.1) is 12.7 Å². The van der Waals surface area contributed by atoms with Gasteiger partial charge in [0.05, 0.1) is 10.5 Å². The second-order valence-electron chi connectivity index (χ2n) is 4.87. The molecule has 2 aromatic rings. The molecule has 5 heteroatoms. The van der Waals surface area contributed by atoms with Gasteiger partial charge in [0.2, 0.25) is 5.91 Å². The van der Waals surface area contributed by atoms with Crippen molar-refractivity contribution in [3.8, 4) is 0 Å². The summed E-state index contributed by atoms with van der Waals surface area (Å²) in [6.45, 7) is 1.73. The molecule has 0 bridgehead atoms. The first kappa shape index (κ1) is 15.7. The number of hydrogen-bond acceptors (Lipinski definition) is 2. The van der Waals surface area contributed by atoms with Gasteiger partial charge in [0.15, 0.2) is 0 Å². The van der Waals surface area contributed by atoms with Crippen molar-refractivity contribution in [2.75, 3.05) is 5.32 Å². The maximum absolute atomic E-state index is 13.4. The standard InChI is InChI=1S/C16H16BrFN2O/c1-10-7-13(18)12(17)9-15(10)20-16(21)14(19)8-11-5-3-2-4-6-11/h2-7,9,14H,8,19H2,1H3,(H,20,21)/t14-/m0/s1. The van der Waals surface area contributed by atoms with Crippen LogP contribution in [0.4, 0.5) is 10.1 Å². The number of halogens is 2. The zero-order valence-electron chi connectivity index (χ0n) is 11.6. The third-order valence-electron chi connectivity index (χ3n) is 3.16. The van der Waals surface area contributed by atoms with E-state index >= 15 is 0 Å². The van der Waals surface area contributed by atoms with E-state index in [1.165, 1.54) is 12.1 Å². The average Bonchev–Trinajstić information content (AvgIpc) is 2.45. The molecule has 0 spiro atoms. The van der Waals surface area contributed by atoms with Crippen LogP contribution in [0.2, 0.25) is 0 Å². The quantitative estimate of drug-likeness (QED) is 0.887. The molecule has 0 heterocycles. The van der Waals surface area contributed by atoms with Crippen LogP contribution in [0.25, 0.3) is 0 Å². The number of amides is 1. The van der Waals surface area contributed by atoms with Gasteiger partial charge in [-0.25, -0.2) is 4.39 Å². The minimum absolute atomic E-state index is 0.291. The first-order chi connectivity index (χ1) is 9.97. The number of aryl methyl sites for hydroxylation is 1. The summed E-state index contributed by atoms with van der Waals surface area (Å²) in [7, 11) is 0. The summed E-state index contributed by atoms with van der Waals surface area (Å²) < 4.78 is 13.7. The van der Waals surface area contributed by atoms with E-state index in [4.69, 9.17) is 5.73 Å². The fraction of sp³-hybridized carbons (Fsp3) is 0.188. The van der Waals surface area contributed by atoms with Crippen LogP contribution in [-0.2, 0) is 11.2 Å². The maximum Gasteiger partial charge on any atom is 0.241 e. The van der Waals surface area contributed by atoms with Crippen molar-refractivity contribution in [1.29, 1.82) is 0 Å². The van der Waals surface area contributed by atoms with Crippen LogP contribution in [0.1, 0.15) is 11.1 Å². The van der Waals surface area contributed by atoms with Crippen molar-refractivity contribution in [1.82, 2.24) is 0 Å². The fourth-order valence-electron chi connectivity index (χ4n) is 1.97. The number of carbonyl (C=O) groups excluding carboxylic acids is 1. The van der Waals surface area contributed by atoms with Gasteiger partial charge in [-0.1, -0.05) is 30.3 Å². The SMILES string of the molecule is Cc1cc(F)c(Br)cc1NC(=O)[C@@H](N)Cc1ccccc1. The predicted octanol–water partition coefficient (Wildman–Crippen LogP) is 3.41. The molecule has 2 aromatic carbocycles. The molecule has 0 saturated heterocycles. The van der Waals surface area contributed by atoms with Crippen LogP contribution in [0.5, 0.6) is 0 Å². The van der Waals surface area contributed by atoms with Gasteiger partial charge in [-0.05, 0) is 52.5 Å². The lowest BCUT2D eigenvalue weighted by molar-refractivity contribution is -0.117. The van der Waals surface area contributed by atoms with Gasteiger partial charge in [0.1, 0.15) is 5.82 Å². The molecule has 0 unspecified atom stereocenters. The summed E-state index contributed by atoms with van der Waals surface area (Å²) in [5, 5.41) is 2.74. The van der Waals surface area contributed by atoms with E-state index in [-0.39, 0.29) is 11.7 Å². The Bertz CT molecular complexity index is 646. The lowest BCUT2D eigenvalue weighted by atomic mass is 10.1. The Morgan fingerprint density at radius 1 is 1.33 bits per heavy atom. The van der Waals surface area contributed by atoms with Gasteiger partial charge in [0.25, 0.3) is 0 Å². The molecule has 0 fully saturated rings. The summed E-state index contributed by atoms with van der Waals surface area (Å²) in [6, 6.07) is 11.8. The van der Waals surface area contributed by atoms with Crippen LogP contribution in [0.3, 0.4) is 0 Å². The van der Waals surface area contributed by atoms with Crippen molar-refractivity contribution in [2.24, 2.45) is 5.73 Å². The van der Waals surface area contributed by atoms with Crippen molar-refractivity contribution < 1.29 is 9.18 Å². The smallest absolute Gasteiger partial charge is 0.241 e. The summed E-state index contributed by atoms with van der Waals surface area (Å²) in [4.78, 5) is 12.1. The molecule has 110 valence electrons. The minimum atomic E-state index is -0.657. The topological polar surface area (TPSA) is 55.1 Å². The number of benzene rings is 2. The Kier molecular flexibility index (Phi) is 5.09. The number of nitrogens with one attached hydrogen (secondary N) is 1. The normalized spacial score (nSPS) is 12.0. The number of rotatable bonds is 4. The zero-order chi connectivity index (χ0) is 15.4. The van der Waals surface area contributed by atoms with Crippen LogP contribution in [0.15, 0.2) is 46.9 Å². The van der Waals surface area contributed by atoms with E-state index in [2.05, 4.69) is 21.2 Å². The summed E-state index contributed by atoms with van der Waals surface area (Å²) in [5.41, 5.74) is 8.12. The molecule has 0 aromatic heterocycles. The lowest BCUT2D eigenvalue weighted by Crippen LogP contribution is -2.37. The Morgan fingerprint density at radius 3 is 2.67 bits per heavy atom. The molecule has 21 heavy (non-hydrogen) atoms. The molecule has 1 amide bonds. The van der Waals surface area contributed by atoms with Crippen molar-refractivity contribution in [2.45, 2.75) is 19.4 Å². The molecule has 3 nitrogen and oxygen atoms in total. The number of hydrogen-bond donors (Lipinski definition) is 2. The van der Waals surface area contributed by atoms with Gasteiger partial charge in [-0.2, -0.15) is 0 Å². The third-order valence-corrected chi connectivity index (χ3v) is 3.77. The third kappa shape index (κ3) is 4.12. The highest BCUT2D eigenvalue weighted by atomic mass is 79.9. The number of carbonyl (C=O) groups is 1. The van der Waals surface area contributed by atoms with Crippen molar-refractivity contribution in [3.63, 3.8) is 0 Å². The molecule has 0 radical (unpaired) electrons. The van der Waals surface area contributed by atoms with E-state index in [0.717, 1.165) is 5.56 Å². The average molecular weight is 351 g/mol. The highest BCUT2D eigenvalue weighted by Gasteiger charge is 2.16. The molecule has 0 aliphatic rings. The Balaban J connectivity index is 2.06. The van der Waals surface area contributed by atoms with E-state index < -0.39 is 6.04 Å². The Morgan fingerprint density at radius 2 is 2.00 bits per heavy atom. The van der Waals surface area contributed by atoms with E-state index in [9.17, 15) is 9.18 Å². The van der Waals surface area contributed by atoms with Gasteiger partial charge >= 0.3 is 0 Å². The van der Waals surface area contributed by atoms with Crippen molar-refractivity contribution >= 4 is 27.5 Å². The van der Waals surface area contributed by atoms with Gasteiger partial charge < -0.3 is 11.1 Å². The Hall–Kier alpha value is -1.72.